The number of amides is 1. The van der Waals surface area contributed by atoms with Crippen molar-refractivity contribution in [2.75, 3.05) is 28.2 Å². The maximum absolute atomic E-state index is 12.8. The van der Waals surface area contributed by atoms with Gasteiger partial charge >= 0.3 is 26.5 Å². The van der Waals surface area contributed by atoms with Gasteiger partial charge in [-0.05, 0) is 5.56 Å². The predicted octanol–water partition coefficient (Wildman–Crippen LogP) is 0.723. The van der Waals surface area contributed by atoms with Crippen LogP contribution in [0.1, 0.15) is 17.2 Å². The molecule has 0 aliphatic rings. The minimum absolute atomic E-state index is 0.0108. The molecular formula is C21H29N7O6S2. The van der Waals surface area contributed by atoms with Crippen molar-refractivity contribution in [1.82, 2.24) is 31.4 Å². The monoisotopic (exact) mass is 539 g/mol. The quantitative estimate of drug-likeness (QED) is 0.374. The molecule has 0 radical (unpaired) electrons. The SMILES string of the molecule is CN(C)S(=O)(=O)n1ccnc1CC(Cc1nccn1S(=O)(=O)N(C)C)N(Cc1ccccc1)C(=O)O. The highest BCUT2D eigenvalue weighted by Gasteiger charge is 2.31. The van der Waals surface area contributed by atoms with E-state index in [0.29, 0.717) is 5.56 Å². The van der Waals surface area contributed by atoms with Gasteiger partial charge in [0.2, 0.25) is 0 Å². The summed E-state index contributed by atoms with van der Waals surface area (Å²) in [4.78, 5) is 21.9. The Hall–Kier alpha value is -3.27. The fourth-order valence-corrected chi connectivity index (χ4v) is 5.45. The Balaban J connectivity index is 2.07. The second-order valence-electron chi connectivity index (χ2n) is 8.32. The number of nitrogens with zero attached hydrogens (tertiary/aromatic N) is 7. The molecule has 0 bridgehead atoms. The Bertz CT molecular complexity index is 1320. The molecule has 196 valence electrons. The average molecular weight is 540 g/mol. The molecule has 2 aromatic heterocycles. The van der Waals surface area contributed by atoms with Gasteiger partial charge in [-0.3, -0.25) is 0 Å². The minimum Gasteiger partial charge on any atom is -0.465 e. The molecule has 3 rings (SSSR count). The Morgan fingerprint density at radius 3 is 1.69 bits per heavy atom. The largest absolute Gasteiger partial charge is 0.465 e. The molecule has 1 N–H and O–H groups in total. The number of hydrogen-bond donors (Lipinski definition) is 1. The fourth-order valence-electron chi connectivity index (χ4n) is 3.55. The number of carbonyl (C=O) groups is 1. The van der Waals surface area contributed by atoms with E-state index >= 15 is 0 Å². The van der Waals surface area contributed by atoms with E-state index in [-0.39, 0.29) is 31.0 Å². The van der Waals surface area contributed by atoms with Crippen LogP contribution < -0.4 is 0 Å². The molecule has 0 atom stereocenters. The summed E-state index contributed by atoms with van der Waals surface area (Å²) in [5, 5.41) is 10.1. The maximum Gasteiger partial charge on any atom is 0.407 e. The third kappa shape index (κ3) is 5.75. The van der Waals surface area contributed by atoms with Crippen LogP contribution in [0.5, 0.6) is 0 Å². The molecule has 0 unspecified atom stereocenters. The zero-order valence-corrected chi connectivity index (χ0v) is 22.0. The Morgan fingerprint density at radius 2 is 1.31 bits per heavy atom. The first-order valence-electron chi connectivity index (χ1n) is 10.8. The van der Waals surface area contributed by atoms with Crippen molar-refractivity contribution in [3.05, 3.63) is 72.3 Å². The van der Waals surface area contributed by atoms with Gasteiger partial charge in [0, 0.05) is 78.4 Å². The Labute approximate surface area is 210 Å². The molecule has 0 aliphatic carbocycles. The van der Waals surface area contributed by atoms with Gasteiger partial charge in [0.05, 0.1) is 0 Å². The summed E-state index contributed by atoms with van der Waals surface area (Å²) in [5.74, 6) is 0.197. The lowest BCUT2D eigenvalue weighted by molar-refractivity contribution is 0.118. The van der Waals surface area contributed by atoms with Crippen molar-refractivity contribution in [2.24, 2.45) is 0 Å². The molecule has 36 heavy (non-hydrogen) atoms. The second kappa shape index (κ2) is 10.8. The number of carboxylic acid groups (broad SMARTS) is 1. The van der Waals surface area contributed by atoms with E-state index in [1.165, 1.54) is 53.0 Å². The topological polar surface area (TPSA) is 151 Å². The number of aromatic nitrogens is 4. The van der Waals surface area contributed by atoms with E-state index in [0.717, 1.165) is 21.5 Å². The van der Waals surface area contributed by atoms with Crippen molar-refractivity contribution in [1.29, 1.82) is 0 Å². The highest BCUT2D eigenvalue weighted by atomic mass is 32.2. The van der Waals surface area contributed by atoms with Crippen LogP contribution in [0.3, 0.4) is 0 Å². The third-order valence-corrected chi connectivity index (χ3v) is 9.00. The van der Waals surface area contributed by atoms with Crippen molar-refractivity contribution in [3.63, 3.8) is 0 Å². The maximum atomic E-state index is 12.8. The van der Waals surface area contributed by atoms with Crippen LogP contribution in [0.25, 0.3) is 0 Å². The molecule has 15 heteroatoms. The predicted molar refractivity (Wildman–Crippen MR) is 132 cm³/mol. The standard InChI is InChI=1S/C21H29N7O6S2/c1-24(2)35(31,32)27-12-10-22-19(27)14-18(26(21(29)30)16-17-8-6-5-7-9-17)15-20-23-11-13-28(20)36(33,34)25(3)4/h5-13,18H,14-16H2,1-4H3,(H,29,30). The number of benzene rings is 1. The molecule has 0 aliphatic heterocycles. The minimum atomic E-state index is -3.92. The number of hydrogen-bond acceptors (Lipinski definition) is 7. The van der Waals surface area contributed by atoms with Crippen molar-refractivity contribution in [2.45, 2.75) is 25.4 Å². The molecule has 1 amide bonds. The first-order chi connectivity index (χ1) is 16.9. The normalized spacial score (nSPS) is 12.5. The summed E-state index contributed by atoms with van der Waals surface area (Å²) in [7, 11) is -2.35. The van der Waals surface area contributed by atoms with Crippen LogP contribution in [-0.2, 0) is 39.8 Å². The van der Waals surface area contributed by atoms with Crippen LogP contribution in [0, 0.1) is 0 Å². The zero-order chi connectivity index (χ0) is 26.7. The lowest BCUT2D eigenvalue weighted by Crippen LogP contribution is -2.43. The second-order valence-corrected chi connectivity index (χ2v) is 12.4. The van der Waals surface area contributed by atoms with Gasteiger partial charge in [0.15, 0.2) is 0 Å². The zero-order valence-electron chi connectivity index (χ0n) is 20.3. The van der Waals surface area contributed by atoms with E-state index in [9.17, 15) is 26.7 Å². The Kier molecular flexibility index (Phi) is 8.18. The van der Waals surface area contributed by atoms with E-state index in [4.69, 9.17) is 0 Å². The van der Waals surface area contributed by atoms with E-state index in [1.807, 2.05) is 0 Å². The molecule has 0 fully saturated rings. The molecule has 2 heterocycles. The number of imidazole rings is 2. The van der Waals surface area contributed by atoms with Crippen LogP contribution in [0.15, 0.2) is 55.1 Å². The highest BCUT2D eigenvalue weighted by Crippen LogP contribution is 2.19. The van der Waals surface area contributed by atoms with Crippen LogP contribution in [-0.4, -0.2) is 93.7 Å². The third-order valence-electron chi connectivity index (χ3n) is 5.50. The van der Waals surface area contributed by atoms with Crippen molar-refractivity contribution in [3.8, 4) is 0 Å². The van der Waals surface area contributed by atoms with Crippen molar-refractivity contribution >= 4 is 26.5 Å². The lowest BCUT2D eigenvalue weighted by Gasteiger charge is -2.30. The summed E-state index contributed by atoms with van der Waals surface area (Å²) in [6.07, 6.45) is 3.69. The first kappa shape index (κ1) is 27.3. The van der Waals surface area contributed by atoms with E-state index < -0.39 is 32.6 Å². The number of rotatable bonds is 11. The van der Waals surface area contributed by atoms with Gasteiger partial charge < -0.3 is 10.0 Å². The fraction of sp³-hybridized carbons (Fsp3) is 0.381. The lowest BCUT2D eigenvalue weighted by atomic mass is 10.1. The van der Waals surface area contributed by atoms with Crippen LogP contribution >= 0.6 is 0 Å². The highest BCUT2D eigenvalue weighted by molar-refractivity contribution is 7.87. The molecule has 0 saturated heterocycles. The summed E-state index contributed by atoms with van der Waals surface area (Å²) in [6, 6.07) is 7.98. The Morgan fingerprint density at radius 1 is 0.861 bits per heavy atom. The van der Waals surface area contributed by atoms with E-state index in [1.54, 1.807) is 30.3 Å². The van der Waals surface area contributed by atoms with Gasteiger partial charge in [-0.15, -0.1) is 0 Å². The molecule has 0 spiro atoms. The van der Waals surface area contributed by atoms with E-state index in [2.05, 4.69) is 9.97 Å². The van der Waals surface area contributed by atoms with Gasteiger partial charge in [0.25, 0.3) is 0 Å². The first-order valence-corrected chi connectivity index (χ1v) is 13.6. The molecular weight excluding hydrogens is 510 g/mol. The van der Waals surface area contributed by atoms with Crippen molar-refractivity contribution < 1.29 is 26.7 Å². The molecule has 13 nitrogen and oxygen atoms in total. The molecule has 1 aromatic carbocycles. The smallest absolute Gasteiger partial charge is 0.407 e. The summed E-state index contributed by atoms with van der Waals surface area (Å²) >= 11 is 0. The summed E-state index contributed by atoms with van der Waals surface area (Å²) in [5.41, 5.74) is 0.707. The van der Waals surface area contributed by atoms with Gasteiger partial charge in [-0.25, -0.2) is 22.7 Å². The van der Waals surface area contributed by atoms with Gasteiger partial charge in [0.1, 0.15) is 11.6 Å². The van der Waals surface area contributed by atoms with Gasteiger partial charge in [-0.1, -0.05) is 30.3 Å². The van der Waals surface area contributed by atoms with Gasteiger partial charge in [-0.2, -0.15) is 25.4 Å². The average Bonchev–Trinajstić information content (AvgIpc) is 3.47. The summed E-state index contributed by atoms with van der Waals surface area (Å²) < 4.78 is 55.1. The molecule has 0 saturated carbocycles. The molecule has 3 aromatic rings. The summed E-state index contributed by atoms with van der Waals surface area (Å²) in [6.45, 7) is -0.0108. The van der Waals surface area contributed by atoms with Crippen LogP contribution in [0.2, 0.25) is 0 Å². The van der Waals surface area contributed by atoms with Crippen LogP contribution in [0.4, 0.5) is 4.79 Å².